The lowest BCUT2D eigenvalue weighted by molar-refractivity contribution is 0.767. The summed E-state index contributed by atoms with van der Waals surface area (Å²) in [5.74, 6) is 0. The van der Waals surface area contributed by atoms with Crippen LogP contribution in [-0.4, -0.2) is 4.57 Å². The van der Waals surface area contributed by atoms with Crippen molar-refractivity contribution in [3.8, 4) is 27.9 Å². The van der Waals surface area contributed by atoms with Gasteiger partial charge in [-0.05, 0) is 107 Å². The molecule has 0 unspecified atom stereocenters. The van der Waals surface area contributed by atoms with Gasteiger partial charge < -0.3 is 9.47 Å². The maximum absolute atomic E-state index is 2.49. The third-order valence-corrected chi connectivity index (χ3v) is 12.4. The lowest BCUT2D eigenvalue weighted by atomic mass is 9.67. The van der Waals surface area contributed by atoms with E-state index in [4.69, 9.17) is 0 Å². The minimum Gasteiger partial charge on any atom is -0.310 e. The molecular weight excluding hydrogens is 713 g/mol. The number of hydrogen-bond donors (Lipinski definition) is 0. The van der Waals surface area contributed by atoms with Gasteiger partial charge in [0.2, 0.25) is 0 Å². The molecule has 59 heavy (non-hydrogen) atoms. The van der Waals surface area contributed by atoms with Gasteiger partial charge in [-0.1, -0.05) is 175 Å². The summed E-state index contributed by atoms with van der Waals surface area (Å²) in [6.07, 6.45) is 0. The molecule has 0 bridgehead atoms. The monoisotopic (exact) mass is 754 g/mol. The van der Waals surface area contributed by atoms with Crippen molar-refractivity contribution in [1.82, 2.24) is 4.57 Å². The van der Waals surface area contributed by atoms with Crippen molar-refractivity contribution in [2.45, 2.75) is 19.3 Å². The molecule has 0 radical (unpaired) electrons. The molecule has 0 amide bonds. The van der Waals surface area contributed by atoms with Crippen LogP contribution < -0.4 is 4.90 Å². The predicted molar refractivity (Wildman–Crippen MR) is 248 cm³/mol. The smallest absolute Gasteiger partial charge is 0.0715 e. The Morgan fingerprint density at radius 2 is 0.898 bits per heavy atom. The second-order valence-electron chi connectivity index (χ2n) is 15.9. The zero-order chi connectivity index (χ0) is 39.5. The number of fused-ring (bicyclic) bond motifs is 6. The Bertz CT molecular complexity index is 3040. The zero-order valence-corrected chi connectivity index (χ0v) is 33.2. The fourth-order valence-electron chi connectivity index (χ4n) is 9.70. The molecule has 1 aliphatic carbocycles. The fraction of sp³-hybridized carbons (Fsp3) is 0.0526. The molecule has 0 spiro atoms. The average Bonchev–Trinajstić information content (AvgIpc) is 3.79. The zero-order valence-electron chi connectivity index (χ0n) is 33.2. The van der Waals surface area contributed by atoms with Crippen LogP contribution in [0.15, 0.2) is 218 Å². The van der Waals surface area contributed by atoms with Crippen LogP contribution in [0.5, 0.6) is 0 Å². The van der Waals surface area contributed by atoms with E-state index in [2.05, 4.69) is 242 Å². The van der Waals surface area contributed by atoms with Crippen LogP contribution in [0.1, 0.15) is 33.4 Å². The number of nitrogens with zero attached hydrogens (tertiary/aromatic N) is 2. The van der Waals surface area contributed by atoms with E-state index in [0.717, 1.165) is 17.1 Å². The summed E-state index contributed by atoms with van der Waals surface area (Å²) in [4.78, 5) is 2.40. The van der Waals surface area contributed by atoms with Gasteiger partial charge in [-0.2, -0.15) is 0 Å². The Morgan fingerprint density at radius 1 is 0.390 bits per heavy atom. The van der Waals surface area contributed by atoms with Crippen LogP contribution in [0.2, 0.25) is 0 Å². The molecule has 2 nitrogen and oxygen atoms in total. The van der Waals surface area contributed by atoms with Gasteiger partial charge in [0.25, 0.3) is 0 Å². The maximum Gasteiger partial charge on any atom is 0.0715 e. The van der Waals surface area contributed by atoms with E-state index in [1.54, 1.807) is 0 Å². The Hall–Kier alpha value is -7.42. The van der Waals surface area contributed by atoms with E-state index < -0.39 is 5.41 Å². The molecule has 9 aromatic carbocycles. The number of anilines is 3. The first-order chi connectivity index (χ1) is 29.1. The van der Waals surface area contributed by atoms with Crippen molar-refractivity contribution >= 4 is 38.9 Å². The Kier molecular flexibility index (Phi) is 8.20. The van der Waals surface area contributed by atoms with E-state index in [1.165, 1.54) is 83.1 Å². The number of benzene rings is 9. The maximum atomic E-state index is 2.49. The summed E-state index contributed by atoms with van der Waals surface area (Å²) in [5, 5.41) is 2.52. The lowest BCUT2D eigenvalue weighted by Gasteiger charge is -2.35. The quantitative estimate of drug-likeness (QED) is 0.157. The van der Waals surface area contributed by atoms with Gasteiger partial charge in [0.05, 0.1) is 22.1 Å². The molecule has 1 aromatic heterocycles. The van der Waals surface area contributed by atoms with Crippen LogP contribution in [0.25, 0.3) is 49.7 Å². The van der Waals surface area contributed by atoms with E-state index in [0.29, 0.717) is 0 Å². The van der Waals surface area contributed by atoms with Gasteiger partial charge in [-0.3, -0.25) is 0 Å². The van der Waals surface area contributed by atoms with Gasteiger partial charge in [0, 0.05) is 33.4 Å². The third kappa shape index (κ3) is 5.48. The van der Waals surface area contributed by atoms with Crippen molar-refractivity contribution in [2.75, 3.05) is 4.90 Å². The molecule has 0 N–H and O–H groups in total. The van der Waals surface area contributed by atoms with Crippen LogP contribution in [-0.2, 0) is 5.41 Å². The van der Waals surface area contributed by atoms with Gasteiger partial charge in [-0.25, -0.2) is 0 Å². The molecule has 0 aliphatic heterocycles. The summed E-state index contributed by atoms with van der Waals surface area (Å²) in [7, 11) is 0. The number of para-hydroxylation sites is 3. The summed E-state index contributed by atoms with van der Waals surface area (Å²) < 4.78 is 2.49. The number of rotatable bonds is 7. The molecule has 11 rings (SSSR count). The molecule has 1 aliphatic rings. The summed E-state index contributed by atoms with van der Waals surface area (Å²) in [5.41, 5.74) is 18.8. The largest absolute Gasteiger partial charge is 0.310 e. The van der Waals surface area contributed by atoms with Crippen molar-refractivity contribution in [3.05, 3.63) is 252 Å². The van der Waals surface area contributed by atoms with Crippen LogP contribution in [0.3, 0.4) is 0 Å². The Labute approximate surface area is 345 Å². The summed E-state index contributed by atoms with van der Waals surface area (Å²) in [6, 6.07) is 80.7. The SMILES string of the molecule is Cc1ccc(C2(c3ccc(C)cc3)c3cc(N(c4ccccc4)c4ccc(-c5ccccc5)cc4)ccc3-c3c(-n4c5ccccc5c5ccccc54)cccc32)cc1. The van der Waals surface area contributed by atoms with E-state index >= 15 is 0 Å². The highest BCUT2D eigenvalue weighted by molar-refractivity contribution is 6.10. The Balaban J connectivity index is 1.22. The number of aryl methyl sites for hydroxylation is 2. The highest BCUT2D eigenvalue weighted by atomic mass is 15.1. The molecule has 0 saturated carbocycles. The number of hydrogen-bond acceptors (Lipinski definition) is 1. The molecule has 280 valence electrons. The van der Waals surface area contributed by atoms with Crippen LogP contribution >= 0.6 is 0 Å². The minimum absolute atomic E-state index is 0.601. The van der Waals surface area contributed by atoms with Gasteiger partial charge in [-0.15, -0.1) is 0 Å². The molecular formula is C57H42N2. The molecule has 10 aromatic rings. The minimum atomic E-state index is -0.601. The van der Waals surface area contributed by atoms with Crippen molar-refractivity contribution in [2.24, 2.45) is 0 Å². The summed E-state index contributed by atoms with van der Waals surface area (Å²) in [6.45, 7) is 4.36. The van der Waals surface area contributed by atoms with Crippen molar-refractivity contribution in [3.63, 3.8) is 0 Å². The predicted octanol–water partition coefficient (Wildman–Crippen LogP) is 14.9. The standard InChI is InChI=1S/C57H42N2/c1-39-24-30-43(31-25-39)57(44-32-26-40(2)27-33-44)51-20-13-23-55(59-53-21-11-9-18-48(53)49-19-10-12-22-54(49)59)56(51)50-37-36-47(38-52(50)57)58(45-16-7-4-8-17-45)46-34-28-42(29-35-46)41-14-5-3-6-15-41/h3-38H,1-2H3. The van der Waals surface area contributed by atoms with Gasteiger partial charge >= 0.3 is 0 Å². The topological polar surface area (TPSA) is 8.17 Å². The van der Waals surface area contributed by atoms with E-state index in [1.807, 2.05) is 0 Å². The highest BCUT2D eigenvalue weighted by Gasteiger charge is 2.47. The fourth-order valence-corrected chi connectivity index (χ4v) is 9.70. The van der Waals surface area contributed by atoms with E-state index in [-0.39, 0.29) is 0 Å². The highest BCUT2D eigenvalue weighted by Crippen LogP contribution is 2.59. The van der Waals surface area contributed by atoms with Gasteiger partial charge in [0.1, 0.15) is 0 Å². The average molecular weight is 755 g/mol. The second-order valence-corrected chi connectivity index (χ2v) is 15.9. The van der Waals surface area contributed by atoms with Crippen molar-refractivity contribution < 1.29 is 0 Å². The lowest BCUT2D eigenvalue weighted by Crippen LogP contribution is -2.29. The third-order valence-electron chi connectivity index (χ3n) is 12.4. The first-order valence-corrected chi connectivity index (χ1v) is 20.5. The van der Waals surface area contributed by atoms with Crippen molar-refractivity contribution in [1.29, 1.82) is 0 Å². The van der Waals surface area contributed by atoms with Crippen LogP contribution in [0.4, 0.5) is 17.1 Å². The first kappa shape index (κ1) is 34.8. The molecule has 0 atom stereocenters. The van der Waals surface area contributed by atoms with E-state index in [9.17, 15) is 0 Å². The van der Waals surface area contributed by atoms with Gasteiger partial charge in [0.15, 0.2) is 0 Å². The Morgan fingerprint density at radius 3 is 1.51 bits per heavy atom. The normalized spacial score (nSPS) is 12.7. The number of aromatic nitrogens is 1. The molecule has 2 heteroatoms. The molecule has 0 fully saturated rings. The van der Waals surface area contributed by atoms with Crippen LogP contribution in [0, 0.1) is 13.8 Å². The second kappa shape index (κ2) is 13.9. The molecule has 1 heterocycles. The summed E-state index contributed by atoms with van der Waals surface area (Å²) >= 11 is 0. The molecule has 0 saturated heterocycles. The first-order valence-electron chi connectivity index (χ1n) is 20.5.